The Bertz CT molecular complexity index is 332. The largest absolute Gasteiger partial charge is 1.00 e. The molecule has 0 heterocycles. The fourth-order valence-corrected chi connectivity index (χ4v) is 3.41. The Labute approximate surface area is 200 Å². The molecule has 0 saturated heterocycles. The Morgan fingerprint density at radius 3 is 1.46 bits per heavy atom. The molecule has 0 aliphatic carbocycles. The smallest absolute Gasteiger partial charge is 1.00 e. The summed E-state index contributed by atoms with van der Waals surface area (Å²) < 4.78 is 5.28. The van der Waals surface area contributed by atoms with Crippen LogP contribution >= 0.6 is 0 Å². The van der Waals surface area contributed by atoms with Gasteiger partial charge in [0.25, 0.3) is 0 Å². The van der Waals surface area contributed by atoms with Crippen LogP contribution in [0.4, 0.5) is 0 Å². The molecule has 0 bridgehead atoms. The summed E-state index contributed by atoms with van der Waals surface area (Å²) in [5, 5.41) is 0. The molecule has 2 N–H and O–H groups in total. The molecule has 3 nitrogen and oxygen atoms in total. The first-order valence-corrected chi connectivity index (χ1v) is 12.1. The van der Waals surface area contributed by atoms with Crippen molar-refractivity contribution in [2.75, 3.05) is 6.61 Å². The molecule has 0 aromatic carbocycles. The van der Waals surface area contributed by atoms with Crippen molar-refractivity contribution in [3.05, 3.63) is 0 Å². The number of carbonyl (C=O) groups is 1. The molecule has 4 heteroatoms. The number of carbonyl (C=O) groups excluding carboxylic acids is 1. The zero-order chi connectivity index (χ0) is 20.2. The second-order valence-corrected chi connectivity index (χ2v) is 8.38. The molecule has 0 aromatic rings. The Kier molecular flexibility index (Phi) is 25.9. The average molecular weight is 408 g/mol. The van der Waals surface area contributed by atoms with Gasteiger partial charge in [-0.2, -0.15) is 0 Å². The molecular weight excluding hydrogens is 357 g/mol. The van der Waals surface area contributed by atoms with Crippen molar-refractivity contribution >= 4 is 5.97 Å². The Hall–Kier alpha value is 0.430. The van der Waals surface area contributed by atoms with Crippen LogP contribution in [0, 0.1) is 5.92 Å². The molecule has 0 radical (unpaired) electrons. The number of ether oxygens (including phenoxy) is 1. The van der Waals surface area contributed by atoms with Gasteiger partial charge in [-0.05, 0) is 12.3 Å². The molecule has 0 amide bonds. The molecule has 0 aromatic heterocycles. The first kappa shape index (κ1) is 30.6. The van der Waals surface area contributed by atoms with Crippen molar-refractivity contribution in [1.82, 2.24) is 0 Å². The van der Waals surface area contributed by atoms with Crippen LogP contribution in [-0.4, -0.2) is 18.6 Å². The number of nitrogens with two attached hydrogens (primary N) is 1. The van der Waals surface area contributed by atoms with Crippen LogP contribution in [0.3, 0.4) is 0 Å². The summed E-state index contributed by atoms with van der Waals surface area (Å²) in [7, 11) is 0. The van der Waals surface area contributed by atoms with Crippen LogP contribution in [0.15, 0.2) is 0 Å². The van der Waals surface area contributed by atoms with E-state index < -0.39 is 6.04 Å². The van der Waals surface area contributed by atoms with E-state index in [1.54, 1.807) is 0 Å². The number of esters is 1. The van der Waals surface area contributed by atoms with Gasteiger partial charge in [0.15, 0.2) is 0 Å². The van der Waals surface area contributed by atoms with Crippen molar-refractivity contribution < 1.29 is 40.5 Å². The van der Waals surface area contributed by atoms with Gasteiger partial charge in [0.05, 0.1) is 6.61 Å². The van der Waals surface area contributed by atoms with Gasteiger partial charge >= 0.3 is 35.5 Å². The predicted molar refractivity (Wildman–Crippen MR) is 119 cm³/mol. The van der Waals surface area contributed by atoms with Crippen LogP contribution in [-0.2, 0) is 9.53 Å². The minimum absolute atomic E-state index is 0. The molecule has 0 saturated carbocycles. The second-order valence-electron chi connectivity index (χ2n) is 8.38. The summed E-state index contributed by atoms with van der Waals surface area (Å²) in [6.45, 7) is 6.86. The van der Waals surface area contributed by atoms with E-state index in [-0.39, 0.29) is 42.9 Å². The van der Waals surface area contributed by atoms with Crippen molar-refractivity contribution in [2.45, 2.75) is 136 Å². The Morgan fingerprint density at radius 1 is 0.750 bits per heavy atom. The van der Waals surface area contributed by atoms with E-state index in [1.165, 1.54) is 89.9 Å². The van der Waals surface area contributed by atoms with E-state index in [9.17, 15) is 4.79 Å². The minimum Gasteiger partial charge on any atom is -1.00 e. The second kappa shape index (κ2) is 23.7. The van der Waals surface area contributed by atoms with Gasteiger partial charge in [0.2, 0.25) is 0 Å². The molecule has 164 valence electrons. The minimum atomic E-state index is -0.462. The van der Waals surface area contributed by atoms with Gasteiger partial charge in [0, 0.05) is 0 Å². The third kappa shape index (κ3) is 19.7. The van der Waals surface area contributed by atoms with Gasteiger partial charge < -0.3 is 11.9 Å². The molecule has 28 heavy (non-hydrogen) atoms. The van der Waals surface area contributed by atoms with Gasteiger partial charge in [-0.25, -0.2) is 0 Å². The third-order valence-electron chi connectivity index (χ3n) is 5.77. The fourth-order valence-electron chi connectivity index (χ4n) is 3.41. The van der Waals surface area contributed by atoms with Gasteiger partial charge in [0.1, 0.15) is 6.04 Å². The number of hydrogen-bond donors (Lipinski definition) is 1. The average Bonchev–Trinajstić information content (AvgIpc) is 2.68. The van der Waals surface area contributed by atoms with Crippen molar-refractivity contribution in [3.63, 3.8) is 0 Å². The molecule has 0 rings (SSSR count). The molecule has 2 atom stereocenters. The van der Waals surface area contributed by atoms with Gasteiger partial charge in [-0.3, -0.25) is 4.79 Å². The zero-order valence-corrected chi connectivity index (χ0v) is 21.8. The fraction of sp³-hybridized carbons (Fsp3) is 0.958. The summed E-state index contributed by atoms with van der Waals surface area (Å²) in [6, 6.07) is -0.462. The summed E-state index contributed by atoms with van der Waals surface area (Å²) >= 11 is 0. The van der Waals surface area contributed by atoms with E-state index in [0.717, 1.165) is 19.3 Å². The van der Waals surface area contributed by atoms with E-state index in [0.29, 0.717) is 6.61 Å². The number of rotatable bonds is 20. The van der Waals surface area contributed by atoms with Crippen LogP contribution in [0.2, 0.25) is 0 Å². The Balaban J connectivity index is -0.00000338. The molecule has 0 aliphatic rings. The van der Waals surface area contributed by atoms with Crippen LogP contribution in [0.5, 0.6) is 0 Å². The topological polar surface area (TPSA) is 52.3 Å². The maximum atomic E-state index is 11.8. The number of unbranched alkanes of at least 4 members (excludes halogenated alkanes) is 15. The Morgan fingerprint density at radius 2 is 1.11 bits per heavy atom. The monoisotopic (exact) mass is 407 g/mol. The maximum absolute atomic E-state index is 11.8. The van der Waals surface area contributed by atoms with Crippen molar-refractivity contribution in [1.29, 1.82) is 0 Å². The van der Waals surface area contributed by atoms with Crippen molar-refractivity contribution in [3.8, 4) is 0 Å². The predicted octanol–water partition coefficient (Wildman–Crippen LogP) is 4.28. The summed E-state index contributed by atoms with van der Waals surface area (Å²) in [5.74, 6) is -0.0337. The van der Waals surface area contributed by atoms with Gasteiger partial charge in [-0.15, -0.1) is 0 Å². The molecule has 0 fully saturated rings. The molecule has 0 aliphatic heterocycles. The first-order valence-electron chi connectivity index (χ1n) is 12.1. The molecular formula is C24H50NNaO2. The number of hydrogen-bond acceptors (Lipinski definition) is 3. The standard InChI is InChI=1S/C24H49NO2.Na.H/c1-4-6-7-8-9-10-11-12-13-14-15-16-17-18-19-20-21-27-24(26)23(25)22(3)5-2;;/h22-23H,4-21,25H2,1-3H3;;/q;+1;-1/t22-,23-;;/m0../s1. The van der Waals surface area contributed by atoms with E-state index in [1.807, 2.05) is 13.8 Å². The van der Waals surface area contributed by atoms with Crippen LogP contribution < -0.4 is 35.3 Å². The zero-order valence-electron chi connectivity index (χ0n) is 20.8. The molecule has 0 spiro atoms. The van der Waals surface area contributed by atoms with Crippen LogP contribution in [0.25, 0.3) is 0 Å². The van der Waals surface area contributed by atoms with E-state index >= 15 is 0 Å². The SMILES string of the molecule is CCCCCCCCCCCCCCCCCCOC(=O)[C@@H](N)[C@@H](C)CC.[H-].[Na+]. The first-order chi connectivity index (χ1) is 13.1. The van der Waals surface area contributed by atoms with E-state index in [2.05, 4.69) is 6.92 Å². The maximum Gasteiger partial charge on any atom is 1.00 e. The summed E-state index contributed by atoms with van der Waals surface area (Å²) in [4.78, 5) is 11.8. The third-order valence-corrected chi connectivity index (χ3v) is 5.77. The van der Waals surface area contributed by atoms with E-state index in [4.69, 9.17) is 10.5 Å². The quantitative estimate of drug-likeness (QED) is 0.186. The summed E-state index contributed by atoms with van der Waals surface area (Å²) in [6.07, 6.45) is 22.6. The normalized spacial score (nSPS) is 13.0. The molecule has 0 unspecified atom stereocenters. The summed E-state index contributed by atoms with van der Waals surface area (Å²) in [5.41, 5.74) is 5.87. The van der Waals surface area contributed by atoms with Crippen molar-refractivity contribution in [2.24, 2.45) is 11.7 Å². The van der Waals surface area contributed by atoms with Gasteiger partial charge in [-0.1, -0.05) is 124 Å². The van der Waals surface area contributed by atoms with Crippen LogP contribution in [0.1, 0.15) is 131 Å².